The maximum atomic E-state index is 12.2. The van der Waals surface area contributed by atoms with Crippen molar-refractivity contribution in [2.24, 2.45) is 0 Å². The van der Waals surface area contributed by atoms with Crippen LogP contribution in [0.1, 0.15) is 16.8 Å². The van der Waals surface area contributed by atoms with Crippen molar-refractivity contribution in [2.45, 2.75) is 12.5 Å². The second kappa shape index (κ2) is 7.43. The van der Waals surface area contributed by atoms with Crippen LogP contribution in [0.5, 0.6) is 0 Å². The lowest BCUT2D eigenvalue weighted by atomic mass is 10.1. The molecular weight excluding hydrogens is 297 g/mol. The first kappa shape index (κ1) is 16.7. The standard InChI is InChI=1S/C14H15N3O.2ClH/c18-14(17-11-6-8-15-9-11)12-5-1-3-10-4-2-7-16-13(10)12;;/h1-5,7,11,15H,6,8-9H2,(H,17,18);2*1H. The fourth-order valence-electron chi connectivity index (χ4n) is 2.33. The first-order valence-electron chi connectivity index (χ1n) is 6.20. The third-order valence-corrected chi connectivity index (χ3v) is 3.27. The summed E-state index contributed by atoms with van der Waals surface area (Å²) in [5.74, 6) is -0.0343. The van der Waals surface area contributed by atoms with Gasteiger partial charge < -0.3 is 10.6 Å². The Morgan fingerprint density at radius 2 is 2.05 bits per heavy atom. The lowest BCUT2D eigenvalue weighted by Crippen LogP contribution is -2.36. The molecule has 1 aromatic heterocycles. The van der Waals surface area contributed by atoms with Gasteiger partial charge in [-0.25, -0.2) is 0 Å². The Hall–Kier alpha value is -1.36. The lowest BCUT2D eigenvalue weighted by Gasteiger charge is -2.12. The van der Waals surface area contributed by atoms with Gasteiger partial charge in [-0.05, 0) is 25.1 Å². The summed E-state index contributed by atoms with van der Waals surface area (Å²) >= 11 is 0. The summed E-state index contributed by atoms with van der Waals surface area (Å²) in [6, 6.07) is 9.77. The van der Waals surface area contributed by atoms with Crippen molar-refractivity contribution in [3.8, 4) is 0 Å². The molecule has 1 saturated heterocycles. The predicted molar refractivity (Wildman–Crippen MR) is 85.0 cm³/mol. The molecule has 1 aliphatic heterocycles. The van der Waals surface area contributed by atoms with Crippen molar-refractivity contribution >= 4 is 41.6 Å². The highest BCUT2D eigenvalue weighted by molar-refractivity contribution is 6.05. The quantitative estimate of drug-likeness (QED) is 0.893. The van der Waals surface area contributed by atoms with Gasteiger partial charge >= 0.3 is 0 Å². The molecule has 0 spiro atoms. The molecule has 1 atom stereocenters. The molecular formula is C14H17Cl2N3O. The molecule has 20 heavy (non-hydrogen) atoms. The number of para-hydroxylation sites is 1. The summed E-state index contributed by atoms with van der Waals surface area (Å²) in [5, 5.41) is 7.28. The summed E-state index contributed by atoms with van der Waals surface area (Å²) in [4.78, 5) is 16.5. The highest BCUT2D eigenvalue weighted by atomic mass is 35.5. The average molecular weight is 314 g/mol. The Kier molecular flexibility index (Phi) is 6.20. The maximum absolute atomic E-state index is 12.2. The number of amides is 1. The number of pyridine rings is 1. The van der Waals surface area contributed by atoms with Crippen LogP contribution < -0.4 is 10.6 Å². The summed E-state index contributed by atoms with van der Waals surface area (Å²) in [5.41, 5.74) is 1.42. The van der Waals surface area contributed by atoms with Crippen LogP contribution in [-0.4, -0.2) is 30.0 Å². The van der Waals surface area contributed by atoms with E-state index in [0.717, 1.165) is 30.4 Å². The van der Waals surface area contributed by atoms with E-state index in [1.807, 2.05) is 30.3 Å². The molecule has 0 saturated carbocycles. The van der Waals surface area contributed by atoms with Gasteiger partial charge in [0.25, 0.3) is 5.91 Å². The van der Waals surface area contributed by atoms with E-state index >= 15 is 0 Å². The van der Waals surface area contributed by atoms with Gasteiger partial charge in [0.2, 0.25) is 0 Å². The third-order valence-electron chi connectivity index (χ3n) is 3.27. The smallest absolute Gasteiger partial charge is 0.253 e. The van der Waals surface area contributed by atoms with Crippen molar-refractivity contribution in [3.05, 3.63) is 42.1 Å². The summed E-state index contributed by atoms with van der Waals surface area (Å²) < 4.78 is 0. The largest absolute Gasteiger partial charge is 0.348 e. The van der Waals surface area contributed by atoms with Gasteiger partial charge in [-0.2, -0.15) is 0 Å². The molecule has 3 rings (SSSR count). The molecule has 0 bridgehead atoms. The first-order chi connectivity index (χ1) is 8.84. The second-order valence-corrected chi connectivity index (χ2v) is 4.54. The van der Waals surface area contributed by atoms with Gasteiger partial charge in [-0.1, -0.05) is 18.2 Å². The number of nitrogens with zero attached hydrogens (tertiary/aromatic N) is 1. The van der Waals surface area contributed by atoms with E-state index in [2.05, 4.69) is 15.6 Å². The van der Waals surface area contributed by atoms with Crippen LogP contribution in [0.3, 0.4) is 0 Å². The zero-order valence-corrected chi connectivity index (χ0v) is 12.5. The van der Waals surface area contributed by atoms with Gasteiger partial charge in [0.15, 0.2) is 0 Å². The van der Waals surface area contributed by atoms with Gasteiger partial charge in [0.05, 0.1) is 11.1 Å². The second-order valence-electron chi connectivity index (χ2n) is 4.54. The lowest BCUT2D eigenvalue weighted by molar-refractivity contribution is 0.0941. The van der Waals surface area contributed by atoms with Crippen LogP contribution in [0.25, 0.3) is 10.9 Å². The number of halogens is 2. The average Bonchev–Trinajstić information content (AvgIpc) is 2.91. The Labute approximate surface area is 130 Å². The fourth-order valence-corrected chi connectivity index (χ4v) is 2.33. The van der Waals surface area contributed by atoms with E-state index in [4.69, 9.17) is 0 Å². The fraction of sp³-hybridized carbons (Fsp3) is 0.286. The minimum absolute atomic E-state index is 0. The van der Waals surface area contributed by atoms with Crippen LogP contribution in [0, 0.1) is 0 Å². The molecule has 1 aliphatic rings. The number of rotatable bonds is 2. The van der Waals surface area contributed by atoms with Gasteiger partial charge in [0, 0.05) is 24.2 Å². The monoisotopic (exact) mass is 313 g/mol. The van der Waals surface area contributed by atoms with Gasteiger partial charge in [-0.3, -0.25) is 9.78 Å². The van der Waals surface area contributed by atoms with Gasteiger partial charge in [0.1, 0.15) is 0 Å². The normalized spacial score (nSPS) is 17.1. The van der Waals surface area contributed by atoms with Crippen LogP contribution in [-0.2, 0) is 0 Å². The van der Waals surface area contributed by atoms with E-state index in [0.29, 0.717) is 5.56 Å². The molecule has 4 nitrogen and oxygen atoms in total. The van der Waals surface area contributed by atoms with Crippen LogP contribution in [0.2, 0.25) is 0 Å². The number of aromatic nitrogens is 1. The number of carbonyl (C=O) groups excluding carboxylic acids is 1. The van der Waals surface area contributed by atoms with Crippen molar-refractivity contribution in [1.82, 2.24) is 15.6 Å². The van der Waals surface area contributed by atoms with E-state index in [1.54, 1.807) is 6.20 Å². The van der Waals surface area contributed by atoms with E-state index < -0.39 is 0 Å². The maximum Gasteiger partial charge on any atom is 0.253 e. The number of hydrogen-bond donors (Lipinski definition) is 2. The zero-order chi connectivity index (χ0) is 12.4. The molecule has 1 fully saturated rings. The summed E-state index contributed by atoms with van der Waals surface area (Å²) in [6.45, 7) is 1.82. The molecule has 1 amide bonds. The van der Waals surface area contributed by atoms with E-state index in [9.17, 15) is 4.79 Å². The van der Waals surface area contributed by atoms with E-state index in [-0.39, 0.29) is 36.8 Å². The molecule has 2 N–H and O–H groups in total. The molecule has 6 heteroatoms. The van der Waals surface area contributed by atoms with Crippen molar-refractivity contribution in [3.63, 3.8) is 0 Å². The summed E-state index contributed by atoms with van der Waals surface area (Å²) in [7, 11) is 0. The zero-order valence-electron chi connectivity index (χ0n) is 10.8. The molecule has 1 unspecified atom stereocenters. The SMILES string of the molecule is Cl.Cl.O=C(NC1CCNC1)c1cccc2cccnc12. The number of hydrogen-bond acceptors (Lipinski definition) is 3. The number of carbonyl (C=O) groups is 1. The van der Waals surface area contributed by atoms with E-state index in [1.165, 1.54) is 0 Å². The van der Waals surface area contributed by atoms with Crippen molar-refractivity contribution in [1.29, 1.82) is 0 Å². The Balaban J connectivity index is 0.000001000. The Bertz CT molecular complexity index is 580. The molecule has 2 heterocycles. The van der Waals surface area contributed by atoms with Crippen molar-refractivity contribution < 1.29 is 4.79 Å². The Morgan fingerprint density at radius 1 is 1.25 bits per heavy atom. The highest BCUT2D eigenvalue weighted by Gasteiger charge is 2.18. The molecule has 1 aromatic carbocycles. The first-order valence-corrected chi connectivity index (χ1v) is 6.20. The van der Waals surface area contributed by atoms with Crippen molar-refractivity contribution in [2.75, 3.05) is 13.1 Å². The number of fused-ring (bicyclic) bond motifs is 1. The van der Waals surface area contributed by atoms with Crippen LogP contribution in [0.15, 0.2) is 36.5 Å². The number of nitrogens with one attached hydrogen (secondary N) is 2. The molecule has 2 aromatic rings. The number of benzene rings is 1. The molecule has 0 radical (unpaired) electrons. The third kappa shape index (κ3) is 3.39. The molecule has 108 valence electrons. The topological polar surface area (TPSA) is 54.0 Å². The van der Waals surface area contributed by atoms with Gasteiger partial charge in [-0.15, -0.1) is 24.8 Å². The highest BCUT2D eigenvalue weighted by Crippen LogP contribution is 2.16. The molecule has 0 aliphatic carbocycles. The minimum atomic E-state index is -0.0343. The minimum Gasteiger partial charge on any atom is -0.348 e. The summed E-state index contributed by atoms with van der Waals surface area (Å²) in [6.07, 6.45) is 2.71. The van der Waals surface area contributed by atoms with Crippen LogP contribution in [0.4, 0.5) is 0 Å². The Morgan fingerprint density at radius 3 is 2.80 bits per heavy atom. The predicted octanol–water partition coefficient (Wildman–Crippen LogP) is 2.17. The van der Waals surface area contributed by atoms with Crippen LogP contribution >= 0.6 is 24.8 Å².